The van der Waals surface area contributed by atoms with Gasteiger partial charge >= 0.3 is 12.2 Å². The van der Waals surface area contributed by atoms with Crippen LogP contribution in [0.5, 0.6) is 5.75 Å². The molecular formula is C41H50BrF2N7O6. The number of ether oxygens (including phenoxy) is 3. The van der Waals surface area contributed by atoms with Crippen molar-refractivity contribution in [3.05, 3.63) is 70.7 Å². The van der Waals surface area contributed by atoms with Crippen molar-refractivity contribution in [1.29, 1.82) is 0 Å². The second kappa shape index (κ2) is 16.8. The molecule has 13 nitrogen and oxygen atoms in total. The summed E-state index contributed by atoms with van der Waals surface area (Å²) in [4.78, 5) is 46.0. The molecule has 0 radical (unpaired) electrons. The maximum absolute atomic E-state index is 15.3. The third kappa shape index (κ3) is 9.71. The topological polar surface area (TPSA) is 119 Å². The third-order valence-corrected chi connectivity index (χ3v) is 10.5. The Morgan fingerprint density at radius 2 is 1.30 bits per heavy atom. The van der Waals surface area contributed by atoms with Crippen molar-refractivity contribution >= 4 is 56.9 Å². The zero-order valence-electron chi connectivity index (χ0n) is 33.4. The minimum absolute atomic E-state index is 0.197. The van der Waals surface area contributed by atoms with Gasteiger partial charge in [0.05, 0.1) is 15.8 Å². The van der Waals surface area contributed by atoms with Crippen molar-refractivity contribution in [2.24, 2.45) is 5.10 Å². The normalized spacial score (nSPS) is 18.3. The largest absolute Gasteiger partial charge is 0.483 e. The molecule has 4 aliphatic rings. The molecule has 3 aromatic rings. The van der Waals surface area contributed by atoms with Crippen molar-refractivity contribution in [2.75, 3.05) is 73.7 Å². The van der Waals surface area contributed by atoms with E-state index in [-0.39, 0.29) is 36.3 Å². The van der Waals surface area contributed by atoms with Gasteiger partial charge in [-0.2, -0.15) is 5.10 Å². The zero-order valence-corrected chi connectivity index (χ0v) is 35.0. The lowest BCUT2D eigenvalue weighted by Crippen LogP contribution is -2.55. The number of nitrogens with one attached hydrogen (secondary N) is 1. The molecule has 0 bridgehead atoms. The van der Waals surface area contributed by atoms with E-state index in [1.54, 1.807) is 28.9 Å². The molecule has 0 aliphatic carbocycles. The van der Waals surface area contributed by atoms with Crippen LogP contribution in [0, 0.1) is 11.6 Å². The van der Waals surface area contributed by atoms with Crippen molar-refractivity contribution in [1.82, 2.24) is 15.2 Å². The highest BCUT2D eigenvalue weighted by Gasteiger charge is 2.36. The molecule has 16 heteroatoms. The monoisotopic (exact) mass is 853 g/mol. The number of halogens is 3. The summed E-state index contributed by atoms with van der Waals surface area (Å²) in [6, 6.07) is 15.1. The molecule has 0 spiro atoms. The number of piperazine rings is 2. The minimum atomic E-state index is -0.555. The summed E-state index contributed by atoms with van der Waals surface area (Å²) in [6.07, 6.45) is -0.627. The van der Waals surface area contributed by atoms with Crippen molar-refractivity contribution < 1.29 is 37.4 Å². The standard InChI is InChI=1S/C26H30FN5O4.C15H20BrFN2O2/c1-16-24(33)29-28-22-15-35-21-14-17(8-9-19(21)32(16)22)23-18(27)6-5-7-20(23)30-10-12-31(13-11-30)25(34)36-26(2,3)4;1-15(2,3)21-14(20)19-9-7-18(8-10-19)12-6-4-5-11(17)13(12)16/h5-9,14,16H,10-13,15H2,1-4H3,(H,29,33);4-6H,7-10H2,1-3H3. The number of hydrogen-bond acceptors (Lipinski definition) is 10. The Morgan fingerprint density at radius 3 is 1.86 bits per heavy atom. The van der Waals surface area contributed by atoms with Gasteiger partial charge in [0.2, 0.25) is 0 Å². The van der Waals surface area contributed by atoms with E-state index < -0.39 is 17.2 Å². The molecule has 57 heavy (non-hydrogen) atoms. The molecule has 0 saturated carbocycles. The van der Waals surface area contributed by atoms with Crippen LogP contribution < -0.4 is 24.9 Å². The molecule has 3 amide bonds. The molecular weight excluding hydrogens is 804 g/mol. The SMILES string of the molecule is CC(C)(C)OC(=O)N1CCN(c2cccc(F)c2Br)CC1.CC1C(=O)NN=C2COc3cc(-c4c(F)cccc4N4CCN(C(=O)OC(C)(C)C)CC4)ccc3N21. The maximum atomic E-state index is 15.3. The molecule has 2 saturated heterocycles. The van der Waals surface area contributed by atoms with Gasteiger partial charge in [0.1, 0.15) is 41.2 Å². The Morgan fingerprint density at radius 1 is 0.772 bits per heavy atom. The molecule has 3 aromatic carbocycles. The molecule has 2 fully saturated rings. The highest BCUT2D eigenvalue weighted by molar-refractivity contribution is 9.10. The number of rotatable bonds is 3. The molecule has 306 valence electrons. The fourth-order valence-corrected chi connectivity index (χ4v) is 7.41. The van der Waals surface area contributed by atoms with Crippen LogP contribution in [-0.2, 0) is 14.3 Å². The van der Waals surface area contributed by atoms with E-state index in [0.29, 0.717) is 79.5 Å². The number of amidine groups is 1. The number of fused-ring (bicyclic) bond motifs is 3. The molecule has 1 atom stereocenters. The predicted octanol–water partition coefficient (Wildman–Crippen LogP) is 7.23. The van der Waals surface area contributed by atoms with Crippen LogP contribution in [-0.4, -0.2) is 110 Å². The fourth-order valence-electron chi connectivity index (χ4n) is 6.90. The van der Waals surface area contributed by atoms with Crippen molar-refractivity contribution in [2.45, 2.75) is 65.7 Å². The Hall–Kier alpha value is -5.12. The first-order chi connectivity index (χ1) is 26.9. The Bertz CT molecular complexity index is 2020. The van der Waals surface area contributed by atoms with E-state index in [2.05, 4.69) is 36.3 Å². The van der Waals surface area contributed by atoms with Gasteiger partial charge in [-0.15, -0.1) is 0 Å². The molecule has 7 rings (SSSR count). The van der Waals surface area contributed by atoms with E-state index in [4.69, 9.17) is 14.2 Å². The van der Waals surface area contributed by atoms with Gasteiger partial charge in [0.15, 0.2) is 5.84 Å². The van der Waals surface area contributed by atoms with Crippen molar-refractivity contribution in [3.63, 3.8) is 0 Å². The van der Waals surface area contributed by atoms with E-state index >= 15 is 4.39 Å². The first-order valence-electron chi connectivity index (χ1n) is 19.0. The molecule has 4 aliphatic heterocycles. The smallest absolute Gasteiger partial charge is 0.410 e. The lowest BCUT2D eigenvalue weighted by atomic mass is 9.99. The van der Waals surface area contributed by atoms with Crippen molar-refractivity contribution in [3.8, 4) is 16.9 Å². The summed E-state index contributed by atoms with van der Waals surface area (Å²) in [5, 5.41) is 4.10. The third-order valence-electron chi connectivity index (χ3n) is 9.67. The summed E-state index contributed by atoms with van der Waals surface area (Å²) in [5.74, 6) is 0.374. The summed E-state index contributed by atoms with van der Waals surface area (Å²) < 4.78 is 46.1. The average molecular weight is 855 g/mol. The summed E-state index contributed by atoms with van der Waals surface area (Å²) >= 11 is 3.28. The first kappa shape index (κ1) is 41.5. The lowest BCUT2D eigenvalue weighted by Gasteiger charge is -2.38. The number of amides is 3. The van der Waals surface area contributed by atoms with Crippen LogP contribution in [0.1, 0.15) is 48.5 Å². The van der Waals surface area contributed by atoms with Gasteiger partial charge in [-0.1, -0.05) is 18.2 Å². The summed E-state index contributed by atoms with van der Waals surface area (Å²) in [7, 11) is 0. The van der Waals surface area contributed by atoms with Gasteiger partial charge in [-0.25, -0.2) is 23.8 Å². The lowest BCUT2D eigenvalue weighted by molar-refractivity contribution is -0.122. The number of benzene rings is 3. The van der Waals surface area contributed by atoms with Gasteiger partial charge in [-0.3, -0.25) is 4.79 Å². The van der Waals surface area contributed by atoms with Gasteiger partial charge < -0.3 is 38.7 Å². The van der Waals surface area contributed by atoms with Gasteiger partial charge in [-0.05, 0) is 106 Å². The molecule has 1 unspecified atom stereocenters. The predicted molar refractivity (Wildman–Crippen MR) is 219 cm³/mol. The highest BCUT2D eigenvalue weighted by atomic mass is 79.9. The minimum Gasteiger partial charge on any atom is -0.483 e. The molecule has 1 N–H and O–H groups in total. The van der Waals surface area contributed by atoms with Crippen LogP contribution in [0.3, 0.4) is 0 Å². The van der Waals surface area contributed by atoms with Gasteiger partial charge in [0, 0.05) is 63.6 Å². The number of hydrogen-bond donors (Lipinski definition) is 1. The van der Waals surface area contributed by atoms with E-state index in [9.17, 15) is 18.8 Å². The molecule has 4 heterocycles. The Balaban J connectivity index is 0.000000223. The number of anilines is 3. The van der Waals surface area contributed by atoms with E-state index in [1.165, 1.54) is 12.1 Å². The highest BCUT2D eigenvalue weighted by Crippen LogP contribution is 2.41. The number of carbonyl (C=O) groups is 3. The quantitative estimate of drug-likeness (QED) is 0.291. The fraction of sp³-hybridized carbons (Fsp3) is 0.463. The number of nitrogens with zero attached hydrogens (tertiary/aromatic N) is 6. The Labute approximate surface area is 340 Å². The van der Waals surface area contributed by atoms with E-state index in [0.717, 1.165) is 17.1 Å². The van der Waals surface area contributed by atoms with Crippen LogP contribution in [0.2, 0.25) is 0 Å². The summed E-state index contributed by atoms with van der Waals surface area (Å²) in [6.45, 7) is 17.6. The second-order valence-electron chi connectivity index (χ2n) is 16.1. The average Bonchev–Trinajstić information content (AvgIpc) is 3.16. The van der Waals surface area contributed by atoms with Gasteiger partial charge in [0.25, 0.3) is 5.91 Å². The maximum Gasteiger partial charge on any atom is 0.410 e. The second-order valence-corrected chi connectivity index (χ2v) is 16.9. The van der Waals surface area contributed by atoms with Crippen LogP contribution in [0.4, 0.5) is 35.4 Å². The Kier molecular flexibility index (Phi) is 12.2. The molecule has 0 aromatic heterocycles. The summed E-state index contributed by atoms with van der Waals surface area (Å²) in [5.41, 5.74) is 4.90. The van der Waals surface area contributed by atoms with Crippen LogP contribution in [0.25, 0.3) is 11.1 Å². The number of carbonyl (C=O) groups excluding carboxylic acids is 3. The van der Waals surface area contributed by atoms with Crippen LogP contribution >= 0.6 is 15.9 Å². The first-order valence-corrected chi connectivity index (χ1v) is 19.8. The number of hydrazone groups is 1. The van der Waals surface area contributed by atoms with Crippen LogP contribution in [0.15, 0.2) is 64.2 Å². The zero-order chi connectivity index (χ0) is 41.2. The van der Waals surface area contributed by atoms with E-state index in [1.807, 2.05) is 76.8 Å².